The molecule has 82 valence electrons. The molecular formula is C14H16N2. The number of rotatable bonds is 1. The van der Waals surface area contributed by atoms with Crippen LogP contribution >= 0.6 is 0 Å². The van der Waals surface area contributed by atoms with Crippen LogP contribution in [-0.4, -0.2) is 0 Å². The second kappa shape index (κ2) is 4.02. The van der Waals surface area contributed by atoms with Gasteiger partial charge in [0.25, 0.3) is 0 Å². The number of nitrogens with two attached hydrogens (primary N) is 1. The van der Waals surface area contributed by atoms with Crippen molar-refractivity contribution in [2.75, 3.05) is 0 Å². The first-order chi connectivity index (χ1) is 7.68. The van der Waals surface area contributed by atoms with Crippen LogP contribution in [0.2, 0.25) is 0 Å². The van der Waals surface area contributed by atoms with Gasteiger partial charge in [0.05, 0.1) is 6.07 Å². The van der Waals surface area contributed by atoms with E-state index in [0.29, 0.717) is 0 Å². The van der Waals surface area contributed by atoms with Gasteiger partial charge in [-0.05, 0) is 31.7 Å². The van der Waals surface area contributed by atoms with Crippen molar-refractivity contribution in [3.05, 3.63) is 47.2 Å². The average Bonchev–Trinajstić information content (AvgIpc) is 2.34. The number of nitrogens with zero attached hydrogens (tertiary/aromatic N) is 1. The Kier molecular flexibility index (Phi) is 2.70. The summed E-state index contributed by atoms with van der Waals surface area (Å²) in [6.07, 6.45) is 2.88. The summed E-state index contributed by atoms with van der Waals surface area (Å²) in [6, 6.07) is 12.5. The lowest BCUT2D eigenvalue weighted by atomic mass is 9.70. The maximum absolute atomic E-state index is 9.05. The number of nitriles is 1. The van der Waals surface area contributed by atoms with E-state index < -0.39 is 0 Å². The Hall–Kier alpha value is -1.75. The molecule has 0 aliphatic heterocycles. The van der Waals surface area contributed by atoms with Gasteiger partial charge < -0.3 is 5.73 Å². The van der Waals surface area contributed by atoms with Crippen LogP contribution in [0, 0.1) is 11.3 Å². The topological polar surface area (TPSA) is 49.8 Å². The van der Waals surface area contributed by atoms with Gasteiger partial charge in [0.2, 0.25) is 0 Å². The number of allylic oxidation sites excluding steroid dienone is 2. The molecule has 0 heterocycles. The van der Waals surface area contributed by atoms with Gasteiger partial charge in [-0.1, -0.05) is 30.3 Å². The van der Waals surface area contributed by atoms with Gasteiger partial charge in [0, 0.05) is 16.7 Å². The van der Waals surface area contributed by atoms with Gasteiger partial charge in [0.15, 0.2) is 0 Å². The predicted octanol–water partition coefficient (Wildman–Crippen LogP) is 2.86. The molecule has 1 aromatic carbocycles. The molecule has 0 amide bonds. The summed E-state index contributed by atoms with van der Waals surface area (Å²) in [7, 11) is 0. The summed E-state index contributed by atoms with van der Waals surface area (Å²) >= 11 is 0. The summed E-state index contributed by atoms with van der Waals surface area (Å²) in [5.41, 5.74) is 8.72. The van der Waals surface area contributed by atoms with Crippen LogP contribution in [-0.2, 0) is 5.41 Å². The third-order valence-corrected chi connectivity index (χ3v) is 3.57. The van der Waals surface area contributed by atoms with E-state index in [0.717, 1.165) is 30.5 Å². The molecule has 1 aliphatic rings. The molecule has 0 bridgehead atoms. The van der Waals surface area contributed by atoms with E-state index in [2.05, 4.69) is 25.1 Å². The minimum Gasteiger partial charge on any atom is -0.401 e. The molecule has 1 unspecified atom stereocenters. The second-order valence-electron chi connectivity index (χ2n) is 4.56. The lowest BCUT2D eigenvalue weighted by molar-refractivity contribution is 0.453. The summed E-state index contributed by atoms with van der Waals surface area (Å²) in [5, 5.41) is 9.05. The molecule has 0 aromatic heterocycles. The molecule has 16 heavy (non-hydrogen) atoms. The summed E-state index contributed by atoms with van der Waals surface area (Å²) in [6.45, 7) is 2.13. The van der Waals surface area contributed by atoms with Crippen molar-refractivity contribution in [1.29, 1.82) is 5.26 Å². The lowest BCUT2D eigenvalue weighted by Gasteiger charge is -2.35. The van der Waals surface area contributed by atoms with Crippen LogP contribution in [0.1, 0.15) is 31.7 Å². The Labute approximate surface area is 96.4 Å². The highest BCUT2D eigenvalue weighted by atomic mass is 14.7. The summed E-state index contributed by atoms with van der Waals surface area (Å²) in [4.78, 5) is 0. The highest BCUT2D eigenvalue weighted by Crippen LogP contribution is 2.40. The zero-order chi connectivity index (χ0) is 11.6. The van der Waals surface area contributed by atoms with Crippen LogP contribution in [0.25, 0.3) is 0 Å². The normalized spacial score (nSPS) is 25.2. The van der Waals surface area contributed by atoms with E-state index in [1.165, 1.54) is 5.56 Å². The van der Waals surface area contributed by atoms with E-state index in [4.69, 9.17) is 11.0 Å². The molecular weight excluding hydrogens is 196 g/mol. The molecule has 0 saturated heterocycles. The van der Waals surface area contributed by atoms with Crippen molar-refractivity contribution in [3.63, 3.8) is 0 Å². The van der Waals surface area contributed by atoms with Crippen molar-refractivity contribution in [2.45, 2.75) is 31.6 Å². The average molecular weight is 212 g/mol. The Morgan fingerprint density at radius 3 is 2.62 bits per heavy atom. The maximum atomic E-state index is 9.05. The number of hydrogen-bond donors (Lipinski definition) is 1. The minimum atomic E-state index is -0.162. The lowest BCUT2D eigenvalue weighted by Crippen LogP contribution is -2.33. The van der Waals surface area contributed by atoms with Gasteiger partial charge in [-0.3, -0.25) is 0 Å². The van der Waals surface area contributed by atoms with Crippen LogP contribution in [0.3, 0.4) is 0 Å². The molecule has 0 spiro atoms. The van der Waals surface area contributed by atoms with E-state index in [-0.39, 0.29) is 5.41 Å². The highest BCUT2D eigenvalue weighted by Gasteiger charge is 2.34. The molecule has 1 aromatic rings. The molecule has 2 N–H and O–H groups in total. The van der Waals surface area contributed by atoms with E-state index in [9.17, 15) is 0 Å². The van der Waals surface area contributed by atoms with Gasteiger partial charge in [-0.15, -0.1) is 0 Å². The molecule has 0 radical (unpaired) electrons. The van der Waals surface area contributed by atoms with E-state index >= 15 is 0 Å². The first-order valence-corrected chi connectivity index (χ1v) is 5.63. The van der Waals surface area contributed by atoms with E-state index in [1.807, 2.05) is 18.2 Å². The summed E-state index contributed by atoms with van der Waals surface area (Å²) < 4.78 is 0. The van der Waals surface area contributed by atoms with E-state index in [1.54, 1.807) is 0 Å². The summed E-state index contributed by atoms with van der Waals surface area (Å²) in [5.74, 6) is 0. The van der Waals surface area contributed by atoms with Gasteiger partial charge in [-0.25, -0.2) is 0 Å². The first kappa shape index (κ1) is 10.8. The van der Waals surface area contributed by atoms with Crippen LogP contribution in [0.15, 0.2) is 41.6 Å². The quantitative estimate of drug-likeness (QED) is 0.778. The van der Waals surface area contributed by atoms with Crippen molar-refractivity contribution in [3.8, 4) is 6.07 Å². The van der Waals surface area contributed by atoms with Gasteiger partial charge in [0.1, 0.15) is 0 Å². The van der Waals surface area contributed by atoms with Crippen molar-refractivity contribution < 1.29 is 0 Å². The maximum Gasteiger partial charge on any atom is 0.0965 e. The molecule has 0 fully saturated rings. The van der Waals surface area contributed by atoms with Crippen molar-refractivity contribution in [1.82, 2.24) is 0 Å². The Morgan fingerprint density at radius 1 is 1.31 bits per heavy atom. The third kappa shape index (κ3) is 1.59. The fourth-order valence-electron chi connectivity index (χ4n) is 2.44. The number of hydrogen-bond acceptors (Lipinski definition) is 2. The zero-order valence-electron chi connectivity index (χ0n) is 9.53. The molecule has 1 atom stereocenters. The molecule has 0 saturated carbocycles. The third-order valence-electron chi connectivity index (χ3n) is 3.57. The molecule has 2 nitrogen and oxygen atoms in total. The zero-order valence-corrected chi connectivity index (χ0v) is 9.53. The SMILES string of the molecule is CC1(c2ccccc2)CCCC(C#N)=C1N. The Bertz CT molecular complexity index is 453. The van der Waals surface area contributed by atoms with Crippen LogP contribution in [0.5, 0.6) is 0 Å². The second-order valence-corrected chi connectivity index (χ2v) is 4.56. The van der Waals surface area contributed by atoms with Crippen molar-refractivity contribution >= 4 is 0 Å². The Balaban J connectivity index is 2.51. The monoisotopic (exact) mass is 212 g/mol. The Morgan fingerprint density at radius 2 is 2.00 bits per heavy atom. The van der Waals surface area contributed by atoms with Gasteiger partial charge >= 0.3 is 0 Å². The fraction of sp³-hybridized carbons (Fsp3) is 0.357. The molecule has 1 aliphatic carbocycles. The smallest absolute Gasteiger partial charge is 0.0965 e. The minimum absolute atomic E-state index is 0.162. The van der Waals surface area contributed by atoms with Crippen molar-refractivity contribution in [2.24, 2.45) is 5.73 Å². The largest absolute Gasteiger partial charge is 0.401 e. The van der Waals surface area contributed by atoms with Crippen LogP contribution < -0.4 is 5.73 Å². The van der Waals surface area contributed by atoms with Crippen LogP contribution in [0.4, 0.5) is 0 Å². The molecule has 2 rings (SSSR count). The standard InChI is InChI=1S/C14H16N2/c1-14(12-7-3-2-4-8-12)9-5-6-11(10-15)13(14)16/h2-4,7-8H,5-6,9,16H2,1H3. The van der Waals surface area contributed by atoms with Gasteiger partial charge in [-0.2, -0.15) is 5.26 Å². The highest BCUT2D eigenvalue weighted by molar-refractivity contribution is 5.42. The fourth-order valence-corrected chi connectivity index (χ4v) is 2.44. The first-order valence-electron chi connectivity index (χ1n) is 5.63. The molecule has 2 heteroatoms. The number of benzene rings is 1. The predicted molar refractivity (Wildman–Crippen MR) is 64.5 cm³/mol.